The lowest BCUT2D eigenvalue weighted by atomic mass is 10.2. The summed E-state index contributed by atoms with van der Waals surface area (Å²) in [5.41, 5.74) is 1.73. The van der Waals surface area contributed by atoms with E-state index < -0.39 is 0 Å². The molecule has 4 rings (SSSR count). The smallest absolute Gasteiger partial charge is 0.199 e. The fourth-order valence-electron chi connectivity index (χ4n) is 3.45. The van der Waals surface area contributed by atoms with E-state index in [4.69, 9.17) is 17.3 Å². The molecule has 5 nitrogen and oxygen atoms in total. The molecule has 140 valence electrons. The van der Waals surface area contributed by atoms with E-state index in [2.05, 4.69) is 9.80 Å². The molecule has 2 heterocycles. The van der Waals surface area contributed by atoms with Gasteiger partial charge in [-0.1, -0.05) is 42.5 Å². The third-order valence-corrected chi connectivity index (χ3v) is 5.46. The molecule has 0 atom stereocenters. The molecule has 3 aromatic rings. The number of aromatic nitrogens is 3. The second kappa shape index (κ2) is 7.62. The first kappa shape index (κ1) is 17.9. The van der Waals surface area contributed by atoms with E-state index in [9.17, 15) is 4.39 Å². The van der Waals surface area contributed by atoms with Gasteiger partial charge in [0.1, 0.15) is 5.82 Å². The molecular weight excluding hydrogens is 361 g/mol. The van der Waals surface area contributed by atoms with Gasteiger partial charge in [0, 0.05) is 38.8 Å². The summed E-state index contributed by atoms with van der Waals surface area (Å²) in [4.78, 5) is 4.40. The van der Waals surface area contributed by atoms with Crippen molar-refractivity contribution in [1.82, 2.24) is 19.2 Å². The first-order chi connectivity index (χ1) is 13.1. The average Bonchev–Trinajstić information content (AvgIpc) is 2.98. The van der Waals surface area contributed by atoms with Crippen molar-refractivity contribution < 1.29 is 4.39 Å². The summed E-state index contributed by atoms with van der Waals surface area (Å²) in [6, 6.07) is 17.0. The molecule has 1 aromatic heterocycles. The standard InChI is InChI=1S/C20H22FN5S/c1-23-19(16-7-3-2-4-8-16)22-26(20(23)27)15-24-11-13-25(14-12-24)18-10-6-5-9-17(18)21/h2-10H,11-15H2,1H3. The van der Waals surface area contributed by atoms with Gasteiger partial charge in [-0.05, 0) is 24.4 Å². The van der Waals surface area contributed by atoms with Crippen molar-refractivity contribution in [3.8, 4) is 11.4 Å². The molecule has 0 saturated carbocycles. The van der Waals surface area contributed by atoms with Crippen LogP contribution in [-0.2, 0) is 13.7 Å². The van der Waals surface area contributed by atoms with Gasteiger partial charge in [-0.2, -0.15) is 5.10 Å². The lowest BCUT2D eigenvalue weighted by Gasteiger charge is -2.35. The van der Waals surface area contributed by atoms with Crippen LogP contribution >= 0.6 is 12.2 Å². The van der Waals surface area contributed by atoms with Crippen molar-refractivity contribution >= 4 is 17.9 Å². The minimum atomic E-state index is -0.162. The number of para-hydroxylation sites is 1. The Labute approximate surface area is 163 Å². The number of nitrogens with zero attached hydrogens (tertiary/aromatic N) is 5. The Morgan fingerprint density at radius 3 is 2.33 bits per heavy atom. The zero-order valence-electron chi connectivity index (χ0n) is 15.3. The van der Waals surface area contributed by atoms with Gasteiger partial charge in [0.05, 0.1) is 12.4 Å². The molecule has 0 amide bonds. The molecule has 2 aromatic carbocycles. The fraction of sp³-hybridized carbons (Fsp3) is 0.300. The van der Waals surface area contributed by atoms with Crippen LogP contribution in [0.15, 0.2) is 54.6 Å². The normalized spacial score (nSPS) is 15.3. The van der Waals surface area contributed by atoms with Crippen LogP contribution in [0.2, 0.25) is 0 Å². The monoisotopic (exact) mass is 383 g/mol. The molecule has 1 aliphatic heterocycles. The quantitative estimate of drug-likeness (QED) is 0.645. The first-order valence-corrected chi connectivity index (χ1v) is 9.45. The van der Waals surface area contributed by atoms with Gasteiger partial charge in [-0.25, -0.2) is 9.07 Å². The highest BCUT2D eigenvalue weighted by atomic mass is 32.1. The largest absolute Gasteiger partial charge is 0.367 e. The maximum atomic E-state index is 14.0. The maximum Gasteiger partial charge on any atom is 0.199 e. The molecule has 1 aliphatic rings. The molecule has 0 unspecified atom stereocenters. The van der Waals surface area contributed by atoms with Gasteiger partial charge >= 0.3 is 0 Å². The molecule has 1 fully saturated rings. The van der Waals surface area contributed by atoms with E-state index in [0.29, 0.717) is 17.1 Å². The van der Waals surface area contributed by atoms with Gasteiger partial charge in [-0.15, -0.1) is 0 Å². The van der Waals surface area contributed by atoms with Gasteiger partial charge < -0.3 is 9.47 Å². The molecule has 0 N–H and O–H groups in total. The van der Waals surface area contributed by atoms with Crippen molar-refractivity contribution in [2.24, 2.45) is 7.05 Å². The zero-order valence-corrected chi connectivity index (χ0v) is 16.1. The number of piperazine rings is 1. The number of benzene rings is 2. The Hall–Kier alpha value is -2.51. The average molecular weight is 383 g/mol. The van der Waals surface area contributed by atoms with E-state index >= 15 is 0 Å². The van der Waals surface area contributed by atoms with Crippen LogP contribution in [0.4, 0.5) is 10.1 Å². The van der Waals surface area contributed by atoms with Crippen molar-refractivity contribution in [3.05, 3.63) is 65.2 Å². The second-order valence-corrected chi connectivity index (χ2v) is 7.09. The predicted octanol–water partition coefficient (Wildman–Crippen LogP) is 3.54. The summed E-state index contributed by atoms with van der Waals surface area (Å²) >= 11 is 5.58. The highest BCUT2D eigenvalue weighted by Crippen LogP contribution is 2.21. The lowest BCUT2D eigenvalue weighted by Crippen LogP contribution is -2.47. The van der Waals surface area contributed by atoms with Crippen LogP contribution in [0.25, 0.3) is 11.4 Å². The topological polar surface area (TPSA) is 29.2 Å². The summed E-state index contributed by atoms with van der Waals surface area (Å²) in [6.07, 6.45) is 0. The Kier molecular flexibility index (Phi) is 5.05. The number of halogens is 1. The van der Waals surface area contributed by atoms with Crippen LogP contribution in [0, 0.1) is 10.6 Å². The van der Waals surface area contributed by atoms with E-state index in [-0.39, 0.29) is 5.82 Å². The molecule has 1 saturated heterocycles. The van der Waals surface area contributed by atoms with E-state index in [1.807, 2.05) is 58.8 Å². The van der Waals surface area contributed by atoms with E-state index in [1.54, 1.807) is 6.07 Å². The number of rotatable bonds is 4. The molecule has 0 spiro atoms. The third kappa shape index (κ3) is 3.65. The number of hydrogen-bond donors (Lipinski definition) is 0. The molecule has 7 heteroatoms. The SMILES string of the molecule is Cn1c(-c2ccccc2)nn(CN2CCN(c3ccccc3F)CC2)c1=S. The second-order valence-electron chi connectivity index (χ2n) is 6.73. The number of anilines is 1. The molecule has 0 radical (unpaired) electrons. The van der Waals surface area contributed by atoms with Crippen molar-refractivity contribution in [2.45, 2.75) is 6.67 Å². The van der Waals surface area contributed by atoms with Crippen LogP contribution in [0.5, 0.6) is 0 Å². The molecule has 27 heavy (non-hydrogen) atoms. The van der Waals surface area contributed by atoms with E-state index in [0.717, 1.165) is 37.6 Å². The summed E-state index contributed by atoms with van der Waals surface area (Å²) in [5.74, 6) is 0.705. The maximum absolute atomic E-state index is 14.0. The minimum absolute atomic E-state index is 0.162. The van der Waals surface area contributed by atoms with E-state index in [1.165, 1.54) is 6.07 Å². The fourth-order valence-corrected chi connectivity index (χ4v) is 3.63. The van der Waals surface area contributed by atoms with Gasteiger partial charge in [0.25, 0.3) is 0 Å². The van der Waals surface area contributed by atoms with Crippen LogP contribution in [0.3, 0.4) is 0 Å². The van der Waals surface area contributed by atoms with Gasteiger partial charge in [0.15, 0.2) is 10.6 Å². The first-order valence-electron chi connectivity index (χ1n) is 9.04. The summed E-state index contributed by atoms with van der Waals surface area (Å²) < 4.78 is 18.5. The van der Waals surface area contributed by atoms with Crippen LogP contribution in [-0.4, -0.2) is 45.4 Å². The number of hydrogen-bond acceptors (Lipinski definition) is 4. The van der Waals surface area contributed by atoms with Crippen molar-refractivity contribution in [2.75, 3.05) is 31.1 Å². The zero-order chi connectivity index (χ0) is 18.8. The van der Waals surface area contributed by atoms with Crippen LogP contribution in [0.1, 0.15) is 0 Å². The summed E-state index contributed by atoms with van der Waals surface area (Å²) in [7, 11) is 1.95. The molecule has 0 aliphatic carbocycles. The van der Waals surface area contributed by atoms with Crippen LogP contribution < -0.4 is 4.90 Å². The minimum Gasteiger partial charge on any atom is -0.367 e. The Bertz CT molecular complexity index is 974. The lowest BCUT2D eigenvalue weighted by molar-refractivity contribution is 0.194. The summed E-state index contributed by atoms with van der Waals surface area (Å²) in [5, 5.41) is 4.73. The Morgan fingerprint density at radius 1 is 0.963 bits per heavy atom. The predicted molar refractivity (Wildman–Crippen MR) is 108 cm³/mol. The molecule has 0 bridgehead atoms. The Morgan fingerprint density at radius 2 is 1.63 bits per heavy atom. The molecular formula is C20H22FN5S. The third-order valence-electron chi connectivity index (χ3n) is 4.97. The van der Waals surface area contributed by atoms with Gasteiger partial charge in [-0.3, -0.25) is 4.90 Å². The Balaban J connectivity index is 1.45. The van der Waals surface area contributed by atoms with Gasteiger partial charge in [0.2, 0.25) is 0 Å². The van der Waals surface area contributed by atoms with Crippen molar-refractivity contribution in [1.29, 1.82) is 0 Å². The highest BCUT2D eigenvalue weighted by molar-refractivity contribution is 7.71. The highest BCUT2D eigenvalue weighted by Gasteiger charge is 2.20. The van der Waals surface area contributed by atoms with Crippen molar-refractivity contribution in [3.63, 3.8) is 0 Å². The summed E-state index contributed by atoms with van der Waals surface area (Å²) in [6.45, 7) is 3.89.